The Kier molecular flexibility index (Phi) is 5.42. The first-order valence-electron chi connectivity index (χ1n) is 9.77. The molecule has 152 valence electrons. The van der Waals surface area contributed by atoms with Crippen molar-refractivity contribution in [2.75, 3.05) is 18.4 Å². The normalized spacial score (nSPS) is 21.7. The number of nitrogens with zero attached hydrogens (tertiary/aromatic N) is 2. The number of carbonyl (C=O) groups is 2. The predicted octanol–water partition coefficient (Wildman–Crippen LogP) is 3.55. The standard InChI is InChI=1S/C21H22F2N4O2/c22-16-9-15(10-17(23)11-16)14-3-6-19(25-12-14)26-20(28)13-1-4-18(5-2-13)27-8-7-24-21(27)29/h3,6,9-13,18H,1-2,4-5,7-8H2,(H,24,29)(H,25,26,28)/t13-,18+. The molecule has 0 spiro atoms. The molecule has 3 amide bonds. The summed E-state index contributed by atoms with van der Waals surface area (Å²) in [6.07, 6.45) is 4.54. The van der Waals surface area contributed by atoms with Crippen LogP contribution in [0, 0.1) is 17.6 Å². The summed E-state index contributed by atoms with van der Waals surface area (Å²) in [6.45, 7) is 1.41. The van der Waals surface area contributed by atoms with E-state index in [1.807, 2.05) is 4.90 Å². The lowest BCUT2D eigenvalue weighted by Gasteiger charge is -2.33. The van der Waals surface area contributed by atoms with Crippen LogP contribution in [-0.4, -0.2) is 41.0 Å². The Morgan fingerprint density at radius 1 is 1.07 bits per heavy atom. The molecule has 2 aromatic rings. The molecule has 29 heavy (non-hydrogen) atoms. The number of amides is 3. The van der Waals surface area contributed by atoms with Gasteiger partial charge < -0.3 is 15.5 Å². The van der Waals surface area contributed by atoms with E-state index in [0.717, 1.165) is 38.3 Å². The van der Waals surface area contributed by atoms with Crippen LogP contribution < -0.4 is 10.6 Å². The minimum Gasteiger partial charge on any atom is -0.336 e. The third-order valence-corrected chi connectivity index (χ3v) is 5.61. The molecule has 2 fully saturated rings. The van der Waals surface area contributed by atoms with Gasteiger partial charge in [0.25, 0.3) is 0 Å². The second kappa shape index (κ2) is 8.14. The van der Waals surface area contributed by atoms with Crippen LogP contribution in [-0.2, 0) is 4.79 Å². The Hall–Kier alpha value is -3.03. The SMILES string of the molecule is O=C1NCCN1[C@H]1CC[C@@H](C(=O)Nc2ccc(-c3cc(F)cc(F)c3)cn2)CC1. The van der Waals surface area contributed by atoms with E-state index in [0.29, 0.717) is 23.5 Å². The van der Waals surface area contributed by atoms with Gasteiger partial charge in [0, 0.05) is 42.9 Å². The lowest BCUT2D eigenvalue weighted by atomic mass is 9.85. The highest BCUT2D eigenvalue weighted by molar-refractivity contribution is 5.91. The van der Waals surface area contributed by atoms with E-state index < -0.39 is 11.6 Å². The molecule has 2 N–H and O–H groups in total. The summed E-state index contributed by atoms with van der Waals surface area (Å²) >= 11 is 0. The van der Waals surface area contributed by atoms with Crippen molar-refractivity contribution in [3.63, 3.8) is 0 Å². The van der Waals surface area contributed by atoms with Gasteiger partial charge in [-0.25, -0.2) is 18.6 Å². The van der Waals surface area contributed by atoms with Crippen molar-refractivity contribution in [2.45, 2.75) is 31.7 Å². The Balaban J connectivity index is 1.33. The van der Waals surface area contributed by atoms with Gasteiger partial charge >= 0.3 is 6.03 Å². The zero-order valence-electron chi connectivity index (χ0n) is 15.8. The van der Waals surface area contributed by atoms with Crippen LogP contribution in [0.15, 0.2) is 36.5 Å². The topological polar surface area (TPSA) is 74.3 Å². The first-order chi connectivity index (χ1) is 14.0. The zero-order chi connectivity index (χ0) is 20.4. The van der Waals surface area contributed by atoms with Gasteiger partial charge in [-0.3, -0.25) is 4.79 Å². The molecule has 1 aliphatic heterocycles. The zero-order valence-corrected chi connectivity index (χ0v) is 15.8. The number of pyridine rings is 1. The van der Waals surface area contributed by atoms with Crippen molar-refractivity contribution in [3.8, 4) is 11.1 Å². The highest BCUT2D eigenvalue weighted by atomic mass is 19.1. The molecule has 8 heteroatoms. The molecule has 1 aromatic carbocycles. The number of nitrogens with one attached hydrogen (secondary N) is 2. The van der Waals surface area contributed by atoms with Crippen molar-refractivity contribution in [1.29, 1.82) is 0 Å². The third kappa shape index (κ3) is 4.36. The second-order valence-electron chi connectivity index (χ2n) is 7.51. The van der Waals surface area contributed by atoms with Crippen LogP contribution in [0.25, 0.3) is 11.1 Å². The van der Waals surface area contributed by atoms with E-state index >= 15 is 0 Å². The van der Waals surface area contributed by atoms with E-state index in [2.05, 4.69) is 15.6 Å². The van der Waals surface area contributed by atoms with Gasteiger partial charge in [-0.15, -0.1) is 0 Å². The summed E-state index contributed by atoms with van der Waals surface area (Å²) in [6, 6.07) is 6.76. The second-order valence-corrected chi connectivity index (χ2v) is 7.51. The van der Waals surface area contributed by atoms with E-state index in [9.17, 15) is 18.4 Å². The van der Waals surface area contributed by atoms with Crippen LogP contribution in [0.2, 0.25) is 0 Å². The first kappa shape index (κ1) is 19.3. The van der Waals surface area contributed by atoms with Gasteiger partial charge in [-0.2, -0.15) is 0 Å². The van der Waals surface area contributed by atoms with E-state index in [1.165, 1.54) is 18.3 Å². The van der Waals surface area contributed by atoms with Crippen molar-refractivity contribution >= 4 is 17.8 Å². The Labute approximate surface area is 167 Å². The lowest BCUT2D eigenvalue weighted by Crippen LogP contribution is -2.41. The average Bonchev–Trinajstić information content (AvgIpc) is 3.14. The largest absolute Gasteiger partial charge is 0.336 e. The Bertz CT molecular complexity index is 891. The molecule has 0 bridgehead atoms. The number of urea groups is 1. The number of rotatable bonds is 4. The molecule has 1 aliphatic carbocycles. The molecule has 2 aliphatic rings. The van der Waals surface area contributed by atoms with E-state index in [1.54, 1.807) is 12.1 Å². The Morgan fingerprint density at radius 3 is 2.38 bits per heavy atom. The third-order valence-electron chi connectivity index (χ3n) is 5.61. The molecule has 1 saturated carbocycles. The fraction of sp³-hybridized carbons (Fsp3) is 0.381. The van der Waals surface area contributed by atoms with E-state index in [-0.39, 0.29) is 23.9 Å². The molecule has 0 unspecified atom stereocenters. The fourth-order valence-electron chi connectivity index (χ4n) is 4.07. The van der Waals surface area contributed by atoms with Gasteiger partial charge in [-0.05, 0) is 55.5 Å². The molecule has 0 radical (unpaired) electrons. The van der Waals surface area contributed by atoms with Crippen LogP contribution >= 0.6 is 0 Å². The minimum absolute atomic E-state index is 0.0135. The number of anilines is 1. The smallest absolute Gasteiger partial charge is 0.317 e. The average molecular weight is 400 g/mol. The highest BCUT2D eigenvalue weighted by Gasteiger charge is 2.33. The van der Waals surface area contributed by atoms with Crippen molar-refractivity contribution in [3.05, 3.63) is 48.2 Å². The predicted molar refractivity (Wildman–Crippen MR) is 104 cm³/mol. The monoisotopic (exact) mass is 400 g/mol. The number of hydrogen-bond acceptors (Lipinski definition) is 3. The van der Waals surface area contributed by atoms with Crippen molar-refractivity contribution in [2.24, 2.45) is 5.92 Å². The van der Waals surface area contributed by atoms with E-state index in [4.69, 9.17) is 0 Å². The molecular weight excluding hydrogens is 378 g/mol. The first-order valence-corrected chi connectivity index (χ1v) is 9.77. The number of benzene rings is 1. The quantitative estimate of drug-likeness (QED) is 0.824. The van der Waals surface area contributed by atoms with Crippen LogP contribution in [0.3, 0.4) is 0 Å². The van der Waals surface area contributed by atoms with Gasteiger partial charge in [0.1, 0.15) is 17.5 Å². The maximum Gasteiger partial charge on any atom is 0.317 e. The maximum atomic E-state index is 13.4. The number of halogens is 2. The highest BCUT2D eigenvalue weighted by Crippen LogP contribution is 2.29. The van der Waals surface area contributed by atoms with Gasteiger partial charge in [0.05, 0.1) is 0 Å². The van der Waals surface area contributed by atoms with Gasteiger partial charge in [0.2, 0.25) is 5.91 Å². The summed E-state index contributed by atoms with van der Waals surface area (Å²) in [4.78, 5) is 30.4. The molecule has 6 nitrogen and oxygen atoms in total. The van der Waals surface area contributed by atoms with Crippen LogP contribution in [0.4, 0.5) is 19.4 Å². The molecule has 0 atom stereocenters. The van der Waals surface area contributed by atoms with Crippen molar-refractivity contribution in [1.82, 2.24) is 15.2 Å². The minimum atomic E-state index is -0.653. The molecule has 1 aromatic heterocycles. The van der Waals surface area contributed by atoms with Crippen LogP contribution in [0.5, 0.6) is 0 Å². The molecule has 1 saturated heterocycles. The lowest BCUT2D eigenvalue weighted by molar-refractivity contribution is -0.121. The van der Waals surface area contributed by atoms with Gasteiger partial charge in [-0.1, -0.05) is 0 Å². The molecule has 2 heterocycles. The van der Waals surface area contributed by atoms with Crippen LogP contribution in [0.1, 0.15) is 25.7 Å². The fourth-order valence-corrected chi connectivity index (χ4v) is 4.07. The Morgan fingerprint density at radius 2 is 1.79 bits per heavy atom. The number of carbonyl (C=O) groups excluding carboxylic acids is 2. The van der Waals surface area contributed by atoms with Crippen molar-refractivity contribution < 1.29 is 18.4 Å². The maximum absolute atomic E-state index is 13.4. The summed E-state index contributed by atoms with van der Waals surface area (Å²) < 4.78 is 26.8. The summed E-state index contributed by atoms with van der Waals surface area (Å²) in [5, 5.41) is 5.63. The summed E-state index contributed by atoms with van der Waals surface area (Å²) in [5.41, 5.74) is 0.947. The molecular formula is C21H22F2N4O2. The molecule has 4 rings (SSSR count). The van der Waals surface area contributed by atoms with Gasteiger partial charge in [0.15, 0.2) is 0 Å². The summed E-state index contributed by atoms with van der Waals surface area (Å²) in [7, 11) is 0. The summed E-state index contributed by atoms with van der Waals surface area (Å²) in [5.74, 6) is -1.11. The number of hydrogen-bond donors (Lipinski definition) is 2. The number of aromatic nitrogens is 1.